The predicted octanol–water partition coefficient (Wildman–Crippen LogP) is 4.37. The first-order valence-electron chi connectivity index (χ1n) is 6.37. The Hall–Kier alpha value is -2.08. The van der Waals surface area contributed by atoms with Gasteiger partial charge in [-0.3, -0.25) is 0 Å². The molecule has 0 amide bonds. The molecule has 0 aliphatic heterocycles. The molecule has 0 radical (unpaired) electrons. The molecule has 116 valence electrons. The number of alkyl halides is 3. The van der Waals surface area contributed by atoms with Crippen LogP contribution in [0.2, 0.25) is 0 Å². The van der Waals surface area contributed by atoms with Crippen molar-refractivity contribution in [3.8, 4) is 0 Å². The molecule has 2 nitrogen and oxygen atoms in total. The molecule has 0 spiro atoms. The summed E-state index contributed by atoms with van der Waals surface area (Å²) in [5, 5.41) is 0. The van der Waals surface area contributed by atoms with Crippen molar-refractivity contribution in [3.63, 3.8) is 0 Å². The average molecular weight is 326 g/mol. The Bertz CT molecular complexity index is 774. The molecule has 0 aromatic heterocycles. The summed E-state index contributed by atoms with van der Waals surface area (Å²) in [4.78, 5) is -1.95. The summed E-state index contributed by atoms with van der Waals surface area (Å²) in [5.41, 5.74) is 0.935. The molecule has 0 unspecified atom stereocenters. The van der Waals surface area contributed by atoms with Crippen molar-refractivity contribution in [2.45, 2.75) is 18.0 Å². The lowest BCUT2D eigenvalue weighted by molar-refractivity contribution is -0.0836. The number of benzene rings is 2. The Morgan fingerprint density at radius 3 is 2.00 bits per heavy atom. The van der Waals surface area contributed by atoms with Crippen LogP contribution in [-0.2, 0) is 9.84 Å². The second kappa shape index (κ2) is 5.96. The van der Waals surface area contributed by atoms with Gasteiger partial charge < -0.3 is 0 Å². The minimum Gasteiger partial charge on any atom is -0.219 e. The molecule has 0 N–H and O–H groups in total. The number of aryl methyl sites for hydroxylation is 1. The Morgan fingerprint density at radius 1 is 0.955 bits per heavy atom. The molecule has 2 aromatic rings. The first-order valence-corrected chi connectivity index (χ1v) is 7.85. The van der Waals surface area contributed by atoms with Crippen molar-refractivity contribution in [2.75, 3.05) is 0 Å². The first kappa shape index (κ1) is 16.3. The fourth-order valence-corrected chi connectivity index (χ4v) is 3.20. The van der Waals surface area contributed by atoms with Crippen molar-refractivity contribution in [1.82, 2.24) is 0 Å². The zero-order valence-electron chi connectivity index (χ0n) is 11.6. The van der Waals surface area contributed by atoms with E-state index >= 15 is 0 Å². The molecule has 0 fully saturated rings. The molecular weight excluding hydrogens is 313 g/mol. The molecular formula is C16H13F3O2S. The number of allylic oxidation sites excluding steroid dienone is 1. The van der Waals surface area contributed by atoms with Crippen molar-refractivity contribution >= 4 is 15.9 Å². The van der Waals surface area contributed by atoms with Gasteiger partial charge in [-0.1, -0.05) is 48.0 Å². The van der Waals surface area contributed by atoms with E-state index in [1.807, 2.05) is 0 Å². The molecule has 22 heavy (non-hydrogen) atoms. The molecule has 0 aliphatic rings. The van der Waals surface area contributed by atoms with E-state index in [1.54, 1.807) is 25.1 Å². The Kier molecular flexibility index (Phi) is 4.42. The standard InChI is InChI=1S/C16H13F3O2S/c1-12-7-9-14(10-8-12)22(20,21)15(16(17,18)19)11-13-5-3-2-4-6-13/h2-11H,1H3/b15-11+. The Morgan fingerprint density at radius 2 is 1.50 bits per heavy atom. The van der Waals surface area contributed by atoms with E-state index < -0.39 is 20.9 Å². The maximum absolute atomic E-state index is 13.2. The van der Waals surface area contributed by atoms with Crippen LogP contribution in [0.5, 0.6) is 0 Å². The minimum atomic E-state index is -4.97. The zero-order chi connectivity index (χ0) is 16.4. The molecule has 2 aromatic carbocycles. The van der Waals surface area contributed by atoms with Gasteiger partial charge in [0.25, 0.3) is 0 Å². The van der Waals surface area contributed by atoms with Crippen LogP contribution in [-0.4, -0.2) is 14.6 Å². The molecule has 0 aliphatic carbocycles. The van der Waals surface area contributed by atoms with E-state index in [4.69, 9.17) is 0 Å². The van der Waals surface area contributed by atoms with Gasteiger partial charge in [0.05, 0.1) is 4.90 Å². The zero-order valence-corrected chi connectivity index (χ0v) is 12.4. The van der Waals surface area contributed by atoms with Gasteiger partial charge in [-0.25, -0.2) is 8.42 Å². The summed E-state index contributed by atoms with van der Waals surface area (Å²) in [5.74, 6) is 0. The number of sulfone groups is 1. The van der Waals surface area contributed by atoms with Gasteiger partial charge >= 0.3 is 6.18 Å². The van der Waals surface area contributed by atoms with Crippen LogP contribution in [0.25, 0.3) is 6.08 Å². The van der Waals surface area contributed by atoms with Crippen molar-refractivity contribution < 1.29 is 21.6 Å². The van der Waals surface area contributed by atoms with E-state index in [0.717, 1.165) is 5.56 Å². The summed E-state index contributed by atoms with van der Waals surface area (Å²) < 4.78 is 64.3. The van der Waals surface area contributed by atoms with Crippen molar-refractivity contribution in [3.05, 3.63) is 70.6 Å². The highest BCUT2D eigenvalue weighted by atomic mass is 32.2. The third kappa shape index (κ3) is 3.57. The topological polar surface area (TPSA) is 34.1 Å². The van der Waals surface area contributed by atoms with Gasteiger partial charge in [-0.2, -0.15) is 13.2 Å². The second-order valence-corrected chi connectivity index (χ2v) is 6.65. The number of halogens is 3. The summed E-state index contributed by atoms with van der Waals surface area (Å²) in [7, 11) is -4.64. The quantitative estimate of drug-likeness (QED) is 0.839. The van der Waals surface area contributed by atoms with E-state index in [9.17, 15) is 21.6 Å². The average Bonchev–Trinajstić information content (AvgIpc) is 2.45. The van der Waals surface area contributed by atoms with Crippen LogP contribution in [0.3, 0.4) is 0 Å². The van der Waals surface area contributed by atoms with Crippen LogP contribution < -0.4 is 0 Å². The highest BCUT2D eigenvalue weighted by Crippen LogP contribution is 2.35. The fraction of sp³-hybridized carbons (Fsp3) is 0.125. The largest absolute Gasteiger partial charge is 0.427 e. The van der Waals surface area contributed by atoms with Gasteiger partial charge in [0.1, 0.15) is 0 Å². The summed E-state index contributed by atoms with van der Waals surface area (Å²) in [6.07, 6.45) is -4.32. The first-order chi connectivity index (χ1) is 10.2. The Labute approximate surface area is 126 Å². The maximum Gasteiger partial charge on any atom is 0.427 e. The van der Waals surface area contributed by atoms with Crippen LogP contribution in [0.15, 0.2) is 64.4 Å². The predicted molar refractivity (Wildman–Crippen MR) is 78.8 cm³/mol. The molecule has 6 heteroatoms. The SMILES string of the molecule is Cc1ccc(S(=O)(=O)/C(=C/c2ccccc2)C(F)(F)F)cc1. The highest BCUT2D eigenvalue weighted by Gasteiger charge is 2.43. The van der Waals surface area contributed by atoms with E-state index in [2.05, 4.69) is 0 Å². The van der Waals surface area contributed by atoms with E-state index in [-0.39, 0.29) is 10.5 Å². The minimum absolute atomic E-state index is 0.172. The number of hydrogen-bond donors (Lipinski definition) is 0. The van der Waals surface area contributed by atoms with Gasteiger partial charge in [0.15, 0.2) is 4.91 Å². The third-order valence-electron chi connectivity index (χ3n) is 3.00. The lowest BCUT2D eigenvalue weighted by atomic mass is 10.2. The Balaban J connectivity index is 2.60. The number of hydrogen-bond acceptors (Lipinski definition) is 2. The van der Waals surface area contributed by atoms with Crippen molar-refractivity contribution in [1.29, 1.82) is 0 Å². The van der Waals surface area contributed by atoms with Gasteiger partial charge in [-0.15, -0.1) is 0 Å². The molecule has 0 saturated carbocycles. The van der Waals surface area contributed by atoms with Gasteiger partial charge in [-0.05, 0) is 30.7 Å². The smallest absolute Gasteiger partial charge is 0.219 e. The monoisotopic (exact) mass is 326 g/mol. The van der Waals surface area contributed by atoms with E-state index in [1.165, 1.54) is 36.4 Å². The number of rotatable bonds is 3. The van der Waals surface area contributed by atoms with E-state index in [0.29, 0.717) is 6.08 Å². The fourth-order valence-electron chi connectivity index (χ4n) is 1.86. The normalized spacial score (nSPS) is 13.2. The van der Waals surface area contributed by atoms with Gasteiger partial charge in [0.2, 0.25) is 9.84 Å². The van der Waals surface area contributed by atoms with Crippen LogP contribution >= 0.6 is 0 Å². The molecule has 0 bridgehead atoms. The maximum atomic E-state index is 13.2. The molecule has 2 rings (SSSR count). The van der Waals surface area contributed by atoms with Crippen molar-refractivity contribution in [2.24, 2.45) is 0 Å². The van der Waals surface area contributed by atoms with Crippen LogP contribution in [0.4, 0.5) is 13.2 Å². The lowest BCUT2D eigenvalue weighted by Gasteiger charge is -2.13. The summed E-state index contributed by atoms with van der Waals surface area (Å²) in [6.45, 7) is 1.72. The van der Waals surface area contributed by atoms with Gasteiger partial charge in [0, 0.05) is 0 Å². The summed E-state index contributed by atoms with van der Waals surface area (Å²) in [6, 6.07) is 12.8. The second-order valence-electron chi connectivity index (χ2n) is 4.73. The lowest BCUT2D eigenvalue weighted by Crippen LogP contribution is -2.20. The molecule has 0 atom stereocenters. The third-order valence-corrected chi connectivity index (χ3v) is 4.82. The molecule has 0 saturated heterocycles. The summed E-state index contributed by atoms with van der Waals surface area (Å²) >= 11 is 0. The highest BCUT2D eigenvalue weighted by molar-refractivity contribution is 7.95. The molecule has 0 heterocycles. The van der Waals surface area contributed by atoms with Crippen LogP contribution in [0, 0.1) is 6.92 Å². The van der Waals surface area contributed by atoms with Crippen LogP contribution in [0.1, 0.15) is 11.1 Å².